The molecule has 0 fully saturated rings. The van der Waals surface area contributed by atoms with Gasteiger partial charge in [0, 0.05) is 23.7 Å². The maximum atomic E-state index is 5.48. The molecular formula is C18H26N2O. The van der Waals surface area contributed by atoms with Gasteiger partial charge in [-0.2, -0.15) is 0 Å². The highest BCUT2D eigenvalue weighted by molar-refractivity contribution is 5.87. The van der Waals surface area contributed by atoms with Crippen LogP contribution in [0.2, 0.25) is 0 Å². The third-order valence-corrected chi connectivity index (χ3v) is 3.97. The van der Waals surface area contributed by atoms with Crippen LogP contribution in [0.3, 0.4) is 0 Å². The van der Waals surface area contributed by atoms with Crippen molar-refractivity contribution in [2.24, 2.45) is 0 Å². The molecule has 0 aliphatic carbocycles. The number of para-hydroxylation sites is 1. The van der Waals surface area contributed by atoms with Gasteiger partial charge in [0.15, 0.2) is 0 Å². The monoisotopic (exact) mass is 286 g/mol. The summed E-state index contributed by atoms with van der Waals surface area (Å²) in [4.78, 5) is 4.80. The predicted octanol–water partition coefficient (Wildman–Crippen LogP) is 4.25. The van der Waals surface area contributed by atoms with Crippen LogP contribution in [0.5, 0.6) is 5.75 Å². The number of nitrogens with zero attached hydrogens (tertiary/aromatic N) is 1. The van der Waals surface area contributed by atoms with Crippen molar-refractivity contribution in [3.05, 3.63) is 35.5 Å². The van der Waals surface area contributed by atoms with Crippen LogP contribution in [0.4, 0.5) is 0 Å². The maximum Gasteiger partial charge on any atom is 0.145 e. The minimum Gasteiger partial charge on any atom is -0.494 e. The molecule has 3 nitrogen and oxygen atoms in total. The van der Waals surface area contributed by atoms with Crippen molar-refractivity contribution in [2.75, 3.05) is 7.11 Å². The highest BCUT2D eigenvalue weighted by Gasteiger charge is 2.12. The molecule has 1 aromatic carbocycles. The summed E-state index contributed by atoms with van der Waals surface area (Å²) in [7, 11) is 1.70. The van der Waals surface area contributed by atoms with E-state index in [1.165, 1.54) is 10.9 Å². The number of ether oxygens (including phenoxy) is 1. The largest absolute Gasteiger partial charge is 0.494 e. The summed E-state index contributed by atoms with van der Waals surface area (Å²) < 4.78 is 5.48. The van der Waals surface area contributed by atoms with Gasteiger partial charge in [-0.25, -0.2) is 4.98 Å². The first kappa shape index (κ1) is 15.8. The lowest BCUT2D eigenvalue weighted by atomic mass is 10.0. The van der Waals surface area contributed by atoms with Crippen LogP contribution in [0.25, 0.3) is 10.9 Å². The van der Waals surface area contributed by atoms with E-state index in [9.17, 15) is 0 Å². The smallest absolute Gasteiger partial charge is 0.145 e. The lowest BCUT2D eigenvalue weighted by molar-refractivity contribution is 0.418. The zero-order valence-corrected chi connectivity index (χ0v) is 13.7. The molecular weight excluding hydrogens is 260 g/mol. The summed E-state index contributed by atoms with van der Waals surface area (Å²) in [6.45, 7) is 9.63. The lowest BCUT2D eigenvalue weighted by Gasteiger charge is -2.16. The topological polar surface area (TPSA) is 34.2 Å². The second-order valence-electron chi connectivity index (χ2n) is 5.91. The molecule has 1 aromatic heterocycles. The lowest BCUT2D eigenvalue weighted by Crippen LogP contribution is -2.24. The number of rotatable bonds is 6. The zero-order valence-electron chi connectivity index (χ0n) is 13.7. The molecule has 0 saturated heterocycles. The summed E-state index contributed by atoms with van der Waals surface area (Å²) in [5.74, 6) is 1.25. The molecule has 0 spiro atoms. The van der Waals surface area contributed by atoms with Gasteiger partial charge < -0.3 is 10.1 Å². The summed E-state index contributed by atoms with van der Waals surface area (Å²) in [5.41, 5.74) is 3.38. The van der Waals surface area contributed by atoms with E-state index >= 15 is 0 Å². The number of benzene rings is 1. The second-order valence-corrected chi connectivity index (χ2v) is 5.91. The Bertz CT molecular complexity index is 607. The summed E-state index contributed by atoms with van der Waals surface area (Å²) >= 11 is 0. The van der Waals surface area contributed by atoms with Crippen LogP contribution in [-0.2, 0) is 6.54 Å². The maximum absolute atomic E-state index is 5.48. The molecule has 3 heteroatoms. The normalized spacial score (nSPS) is 12.9. The standard InChI is InChI=1S/C18H26N2O/c1-6-13(4)19-11-14-10-16(12(2)3)20-18-15(14)8-7-9-17(18)21-5/h7-10,12-13,19H,6,11H2,1-5H3. The van der Waals surface area contributed by atoms with Crippen molar-refractivity contribution in [2.45, 2.75) is 52.6 Å². The van der Waals surface area contributed by atoms with Gasteiger partial charge >= 0.3 is 0 Å². The Balaban J connectivity index is 2.50. The highest BCUT2D eigenvalue weighted by Crippen LogP contribution is 2.29. The predicted molar refractivity (Wildman–Crippen MR) is 89.0 cm³/mol. The molecule has 0 radical (unpaired) electrons. The molecule has 0 bridgehead atoms. The number of nitrogens with one attached hydrogen (secondary N) is 1. The molecule has 1 N–H and O–H groups in total. The zero-order chi connectivity index (χ0) is 15.4. The van der Waals surface area contributed by atoms with Gasteiger partial charge in [0.1, 0.15) is 11.3 Å². The number of pyridine rings is 1. The minimum absolute atomic E-state index is 0.404. The first-order valence-corrected chi connectivity index (χ1v) is 7.76. The first-order chi connectivity index (χ1) is 10.1. The fraction of sp³-hybridized carbons (Fsp3) is 0.500. The van der Waals surface area contributed by atoms with Crippen LogP contribution in [0.15, 0.2) is 24.3 Å². The summed E-state index contributed by atoms with van der Waals surface area (Å²) in [6.07, 6.45) is 1.13. The van der Waals surface area contributed by atoms with Crippen LogP contribution in [-0.4, -0.2) is 18.1 Å². The molecule has 0 amide bonds. The molecule has 1 unspecified atom stereocenters. The molecule has 2 rings (SSSR count). The third kappa shape index (κ3) is 3.53. The van der Waals surface area contributed by atoms with E-state index in [1.54, 1.807) is 7.11 Å². The fourth-order valence-corrected chi connectivity index (χ4v) is 2.35. The first-order valence-electron chi connectivity index (χ1n) is 7.76. The number of hydrogen-bond acceptors (Lipinski definition) is 3. The molecule has 21 heavy (non-hydrogen) atoms. The van der Waals surface area contributed by atoms with E-state index in [-0.39, 0.29) is 0 Å². The van der Waals surface area contributed by atoms with E-state index in [1.807, 2.05) is 12.1 Å². The summed E-state index contributed by atoms with van der Waals surface area (Å²) in [5, 5.41) is 4.75. The van der Waals surface area contributed by atoms with Crippen LogP contribution in [0, 0.1) is 0 Å². The van der Waals surface area contributed by atoms with Crippen molar-refractivity contribution in [1.29, 1.82) is 0 Å². The van der Waals surface area contributed by atoms with Gasteiger partial charge in [-0.1, -0.05) is 32.9 Å². The molecule has 0 saturated carbocycles. The molecule has 1 heterocycles. The summed E-state index contributed by atoms with van der Waals surface area (Å²) in [6, 6.07) is 8.88. The number of fused-ring (bicyclic) bond motifs is 1. The average molecular weight is 286 g/mol. The Kier molecular flexibility index (Phi) is 5.18. The third-order valence-electron chi connectivity index (χ3n) is 3.97. The number of aromatic nitrogens is 1. The Morgan fingerprint density at radius 2 is 2.00 bits per heavy atom. The minimum atomic E-state index is 0.404. The van der Waals surface area contributed by atoms with Crippen molar-refractivity contribution >= 4 is 10.9 Å². The van der Waals surface area contributed by atoms with Gasteiger partial charge in [-0.3, -0.25) is 0 Å². The van der Waals surface area contributed by atoms with Gasteiger partial charge in [0.2, 0.25) is 0 Å². The molecule has 0 aliphatic heterocycles. The van der Waals surface area contributed by atoms with Crippen molar-refractivity contribution in [3.8, 4) is 5.75 Å². The molecule has 0 aliphatic rings. The van der Waals surface area contributed by atoms with E-state index in [0.717, 1.165) is 29.9 Å². The van der Waals surface area contributed by atoms with E-state index in [0.29, 0.717) is 12.0 Å². The van der Waals surface area contributed by atoms with E-state index in [4.69, 9.17) is 9.72 Å². The Morgan fingerprint density at radius 1 is 1.24 bits per heavy atom. The van der Waals surface area contributed by atoms with Crippen LogP contribution >= 0.6 is 0 Å². The average Bonchev–Trinajstić information content (AvgIpc) is 2.51. The Hall–Kier alpha value is -1.61. The Morgan fingerprint density at radius 3 is 2.62 bits per heavy atom. The van der Waals surface area contributed by atoms with Crippen molar-refractivity contribution in [1.82, 2.24) is 10.3 Å². The van der Waals surface area contributed by atoms with E-state index in [2.05, 4.69) is 45.1 Å². The van der Waals surface area contributed by atoms with Crippen LogP contribution in [0.1, 0.15) is 51.3 Å². The van der Waals surface area contributed by atoms with Gasteiger partial charge in [-0.15, -0.1) is 0 Å². The fourth-order valence-electron chi connectivity index (χ4n) is 2.35. The van der Waals surface area contributed by atoms with Crippen molar-refractivity contribution < 1.29 is 4.74 Å². The highest BCUT2D eigenvalue weighted by atomic mass is 16.5. The Labute approximate surface area is 127 Å². The number of methoxy groups -OCH3 is 1. The molecule has 2 aromatic rings. The van der Waals surface area contributed by atoms with E-state index < -0.39 is 0 Å². The van der Waals surface area contributed by atoms with Gasteiger partial charge in [-0.05, 0) is 37.0 Å². The van der Waals surface area contributed by atoms with Crippen LogP contribution < -0.4 is 10.1 Å². The number of hydrogen-bond donors (Lipinski definition) is 1. The van der Waals surface area contributed by atoms with Gasteiger partial charge in [0.25, 0.3) is 0 Å². The molecule has 1 atom stereocenters. The van der Waals surface area contributed by atoms with Gasteiger partial charge in [0.05, 0.1) is 7.11 Å². The second kappa shape index (κ2) is 6.90. The molecule has 114 valence electrons. The van der Waals surface area contributed by atoms with Crippen molar-refractivity contribution in [3.63, 3.8) is 0 Å². The SMILES string of the molecule is CCC(C)NCc1cc(C(C)C)nc2c(OC)cccc12. The quantitative estimate of drug-likeness (QED) is 0.861.